The first kappa shape index (κ1) is 12.8. The lowest BCUT2D eigenvalue weighted by atomic mass is 9.85. The molecule has 0 amide bonds. The fourth-order valence-corrected chi connectivity index (χ4v) is 2.24. The minimum absolute atomic E-state index is 0.247. The summed E-state index contributed by atoms with van der Waals surface area (Å²) in [5, 5.41) is 21.9. The highest BCUT2D eigenvalue weighted by atomic mass is 16.4. The molecule has 6 nitrogen and oxygen atoms in total. The van der Waals surface area contributed by atoms with E-state index in [0.29, 0.717) is 19.3 Å². The zero-order valence-corrected chi connectivity index (χ0v) is 9.12. The maximum Gasteiger partial charge on any atom is 0.312 e. The molecule has 0 heterocycles. The van der Waals surface area contributed by atoms with Crippen LogP contribution in [0.2, 0.25) is 0 Å². The number of carbonyl (C=O) groups is 1. The van der Waals surface area contributed by atoms with Gasteiger partial charge in [-0.2, -0.15) is 0 Å². The summed E-state index contributed by atoms with van der Waals surface area (Å²) in [6.45, 7) is 0. The van der Waals surface area contributed by atoms with Gasteiger partial charge >= 0.3 is 5.97 Å². The first-order chi connectivity index (χ1) is 7.65. The van der Waals surface area contributed by atoms with E-state index in [0.717, 1.165) is 19.3 Å². The lowest BCUT2D eigenvalue weighted by Gasteiger charge is -2.25. The highest BCUT2D eigenvalue weighted by Crippen LogP contribution is 2.27. The Hall–Kier alpha value is -1.26. The fourth-order valence-electron chi connectivity index (χ4n) is 2.24. The normalized spacial score (nSPS) is 28.3. The molecule has 1 fully saturated rings. The highest BCUT2D eigenvalue weighted by molar-refractivity contribution is 5.74. The Morgan fingerprint density at radius 3 is 2.69 bits per heavy atom. The van der Waals surface area contributed by atoms with E-state index in [1.807, 2.05) is 0 Å². The number of aliphatic hydroxyl groups is 1. The summed E-state index contributed by atoms with van der Waals surface area (Å²) in [7, 11) is 0. The number of azide groups is 1. The molecule has 0 radical (unpaired) electrons. The number of hydrogen-bond donors (Lipinski definition) is 2. The number of aliphatic carboxylic acids is 1. The van der Waals surface area contributed by atoms with Gasteiger partial charge in [0, 0.05) is 4.91 Å². The predicted octanol–water partition coefficient (Wildman–Crippen LogP) is 2.08. The second-order valence-corrected chi connectivity index (χ2v) is 4.28. The lowest BCUT2D eigenvalue weighted by Crippen LogP contribution is -2.31. The van der Waals surface area contributed by atoms with Crippen LogP contribution in [-0.4, -0.2) is 28.3 Å². The highest BCUT2D eigenvalue weighted by Gasteiger charge is 2.29. The van der Waals surface area contributed by atoms with Crippen molar-refractivity contribution < 1.29 is 15.0 Å². The molecule has 0 saturated heterocycles. The number of rotatable bonds is 3. The SMILES string of the molecule is [N-]=[N+]=NC(C(=O)O)C1CCCCCC(O)C1. The van der Waals surface area contributed by atoms with Gasteiger partial charge in [0.05, 0.1) is 6.10 Å². The lowest BCUT2D eigenvalue weighted by molar-refractivity contribution is -0.140. The third-order valence-electron chi connectivity index (χ3n) is 3.06. The van der Waals surface area contributed by atoms with Crippen molar-refractivity contribution >= 4 is 5.97 Å². The number of aliphatic hydroxyl groups excluding tert-OH is 1. The van der Waals surface area contributed by atoms with E-state index in [2.05, 4.69) is 10.0 Å². The van der Waals surface area contributed by atoms with Crippen molar-refractivity contribution in [2.24, 2.45) is 11.0 Å². The van der Waals surface area contributed by atoms with Crippen LogP contribution in [0.15, 0.2) is 5.11 Å². The molecular weight excluding hydrogens is 210 g/mol. The summed E-state index contributed by atoms with van der Waals surface area (Å²) in [5.74, 6) is -1.35. The maximum absolute atomic E-state index is 10.9. The van der Waals surface area contributed by atoms with E-state index < -0.39 is 18.1 Å². The second kappa shape index (κ2) is 6.35. The first-order valence-corrected chi connectivity index (χ1v) is 5.60. The molecule has 1 aliphatic carbocycles. The average molecular weight is 227 g/mol. The number of carboxylic acid groups (broad SMARTS) is 1. The molecule has 1 saturated carbocycles. The van der Waals surface area contributed by atoms with Crippen LogP contribution in [0.3, 0.4) is 0 Å². The molecule has 3 unspecified atom stereocenters. The van der Waals surface area contributed by atoms with Crippen LogP contribution in [0.5, 0.6) is 0 Å². The smallest absolute Gasteiger partial charge is 0.312 e. The van der Waals surface area contributed by atoms with Gasteiger partial charge in [0.2, 0.25) is 0 Å². The predicted molar refractivity (Wildman–Crippen MR) is 57.8 cm³/mol. The van der Waals surface area contributed by atoms with Crippen molar-refractivity contribution in [3.63, 3.8) is 0 Å². The van der Waals surface area contributed by atoms with Crippen LogP contribution in [0.1, 0.15) is 38.5 Å². The van der Waals surface area contributed by atoms with E-state index in [1.165, 1.54) is 0 Å². The minimum Gasteiger partial charge on any atom is -0.481 e. The molecule has 16 heavy (non-hydrogen) atoms. The molecule has 0 spiro atoms. The van der Waals surface area contributed by atoms with Gasteiger partial charge in [0.1, 0.15) is 6.04 Å². The quantitative estimate of drug-likeness (QED) is 0.438. The molecule has 2 N–H and O–H groups in total. The summed E-state index contributed by atoms with van der Waals surface area (Å²) in [4.78, 5) is 13.5. The van der Waals surface area contributed by atoms with Crippen molar-refractivity contribution in [3.05, 3.63) is 10.4 Å². The Bertz CT molecular complexity index is 287. The van der Waals surface area contributed by atoms with Gasteiger partial charge in [0.25, 0.3) is 0 Å². The van der Waals surface area contributed by atoms with Crippen molar-refractivity contribution in [1.29, 1.82) is 0 Å². The third kappa shape index (κ3) is 3.72. The fraction of sp³-hybridized carbons (Fsp3) is 0.900. The molecule has 1 aliphatic rings. The average Bonchev–Trinajstić information content (AvgIpc) is 2.20. The topological polar surface area (TPSA) is 106 Å². The van der Waals surface area contributed by atoms with Crippen LogP contribution in [0.4, 0.5) is 0 Å². The van der Waals surface area contributed by atoms with E-state index in [9.17, 15) is 9.90 Å². The number of hydrogen-bond acceptors (Lipinski definition) is 3. The standard InChI is InChI=1S/C10H17N3O3/c11-13-12-9(10(15)16)7-4-2-1-3-5-8(14)6-7/h7-9,14H,1-6H2,(H,15,16). The van der Waals surface area contributed by atoms with Crippen molar-refractivity contribution in [2.45, 2.75) is 50.7 Å². The van der Waals surface area contributed by atoms with Gasteiger partial charge in [0.15, 0.2) is 0 Å². The summed E-state index contributed by atoms with van der Waals surface area (Å²) in [6, 6.07) is -1.04. The van der Waals surface area contributed by atoms with E-state index in [-0.39, 0.29) is 5.92 Å². The largest absolute Gasteiger partial charge is 0.481 e. The van der Waals surface area contributed by atoms with Crippen LogP contribution in [0, 0.1) is 5.92 Å². The van der Waals surface area contributed by atoms with Gasteiger partial charge in [-0.1, -0.05) is 24.4 Å². The Kier molecular flexibility index (Phi) is 5.08. The Morgan fingerprint density at radius 1 is 1.38 bits per heavy atom. The summed E-state index contributed by atoms with van der Waals surface area (Å²) in [6.07, 6.45) is 4.26. The van der Waals surface area contributed by atoms with E-state index in [4.69, 9.17) is 10.6 Å². The molecule has 3 atom stereocenters. The molecule has 0 aromatic rings. The molecular formula is C10H17N3O3. The van der Waals surface area contributed by atoms with Gasteiger partial charge in [-0.3, -0.25) is 4.79 Å². The van der Waals surface area contributed by atoms with Crippen molar-refractivity contribution in [2.75, 3.05) is 0 Å². The van der Waals surface area contributed by atoms with Crippen LogP contribution in [-0.2, 0) is 4.79 Å². The Labute approximate surface area is 93.9 Å². The van der Waals surface area contributed by atoms with Gasteiger partial charge < -0.3 is 10.2 Å². The molecule has 0 bridgehead atoms. The molecule has 6 heteroatoms. The monoisotopic (exact) mass is 227 g/mol. The second-order valence-electron chi connectivity index (χ2n) is 4.28. The van der Waals surface area contributed by atoms with Gasteiger partial charge in [-0.05, 0) is 30.7 Å². The van der Waals surface area contributed by atoms with E-state index in [1.54, 1.807) is 0 Å². The van der Waals surface area contributed by atoms with Crippen LogP contribution in [0.25, 0.3) is 10.4 Å². The van der Waals surface area contributed by atoms with Gasteiger partial charge in [-0.25, -0.2) is 0 Å². The van der Waals surface area contributed by atoms with E-state index >= 15 is 0 Å². The summed E-state index contributed by atoms with van der Waals surface area (Å²) < 4.78 is 0. The molecule has 1 rings (SSSR count). The van der Waals surface area contributed by atoms with Crippen LogP contribution >= 0.6 is 0 Å². The maximum atomic E-state index is 10.9. The zero-order chi connectivity index (χ0) is 12.0. The summed E-state index contributed by atoms with van der Waals surface area (Å²) in [5.41, 5.74) is 8.34. The minimum atomic E-state index is -1.10. The molecule has 0 aliphatic heterocycles. The Morgan fingerprint density at radius 2 is 2.06 bits per heavy atom. The molecule has 90 valence electrons. The summed E-state index contributed by atoms with van der Waals surface area (Å²) >= 11 is 0. The number of nitrogens with zero attached hydrogens (tertiary/aromatic N) is 3. The first-order valence-electron chi connectivity index (χ1n) is 5.60. The van der Waals surface area contributed by atoms with Crippen LogP contribution < -0.4 is 0 Å². The molecule has 0 aromatic heterocycles. The van der Waals surface area contributed by atoms with Crippen molar-refractivity contribution in [3.8, 4) is 0 Å². The Balaban J connectivity index is 2.71. The van der Waals surface area contributed by atoms with Gasteiger partial charge in [-0.15, -0.1) is 0 Å². The zero-order valence-electron chi connectivity index (χ0n) is 9.12. The third-order valence-corrected chi connectivity index (χ3v) is 3.06. The van der Waals surface area contributed by atoms with Crippen molar-refractivity contribution in [1.82, 2.24) is 0 Å². The molecule has 0 aromatic carbocycles. The number of carboxylic acids is 1.